The number of furan rings is 1. The molecule has 0 saturated carbocycles. The summed E-state index contributed by atoms with van der Waals surface area (Å²) < 4.78 is 19.2. The SMILES string of the molecule is CC[C@@H](CO)[NH2+]Cc1ccc(-c2ccccc2F)o1. The second-order valence-corrected chi connectivity index (χ2v) is 4.54. The van der Waals surface area contributed by atoms with Gasteiger partial charge in [0.15, 0.2) is 5.76 Å². The molecule has 3 N–H and O–H groups in total. The van der Waals surface area contributed by atoms with Crippen LogP contribution in [0.15, 0.2) is 40.8 Å². The Kier molecular flexibility index (Phi) is 4.71. The summed E-state index contributed by atoms with van der Waals surface area (Å²) in [5, 5.41) is 11.1. The van der Waals surface area contributed by atoms with Crippen LogP contribution >= 0.6 is 0 Å². The number of aliphatic hydroxyl groups excluding tert-OH is 1. The third-order valence-electron chi connectivity index (χ3n) is 3.21. The Bertz CT molecular complexity index is 520. The normalized spacial score (nSPS) is 12.6. The maximum atomic E-state index is 13.6. The average molecular weight is 264 g/mol. The number of nitrogens with two attached hydrogens (primary N) is 1. The van der Waals surface area contributed by atoms with E-state index in [1.807, 2.05) is 18.3 Å². The zero-order valence-corrected chi connectivity index (χ0v) is 11.0. The van der Waals surface area contributed by atoms with E-state index in [0.717, 1.165) is 12.2 Å². The van der Waals surface area contributed by atoms with Crippen molar-refractivity contribution in [3.63, 3.8) is 0 Å². The van der Waals surface area contributed by atoms with Crippen LogP contribution in [-0.2, 0) is 6.54 Å². The van der Waals surface area contributed by atoms with Crippen LogP contribution < -0.4 is 5.32 Å². The minimum Gasteiger partial charge on any atom is -0.455 e. The first kappa shape index (κ1) is 13.8. The molecule has 2 rings (SSSR count). The van der Waals surface area contributed by atoms with E-state index >= 15 is 0 Å². The van der Waals surface area contributed by atoms with Gasteiger partial charge in [0.05, 0.1) is 12.2 Å². The molecule has 3 nitrogen and oxygen atoms in total. The van der Waals surface area contributed by atoms with Gasteiger partial charge in [-0.1, -0.05) is 19.1 Å². The van der Waals surface area contributed by atoms with Crippen molar-refractivity contribution in [2.45, 2.75) is 25.9 Å². The fraction of sp³-hybridized carbons (Fsp3) is 0.333. The smallest absolute Gasteiger partial charge is 0.158 e. The van der Waals surface area contributed by atoms with Gasteiger partial charge in [0.1, 0.15) is 24.2 Å². The summed E-state index contributed by atoms with van der Waals surface area (Å²) in [6.45, 7) is 2.83. The number of quaternary nitrogens is 1. The first-order valence-electron chi connectivity index (χ1n) is 6.52. The highest BCUT2D eigenvalue weighted by molar-refractivity contribution is 5.58. The van der Waals surface area contributed by atoms with Gasteiger partial charge >= 0.3 is 0 Å². The van der Waals surface area contributed by atoms with Crippen molar-refractivity contribution in [3.8, 4) is 11.3 Å². The van der Waals surface area contributed by atoms with Gasteiger partial charge in [-0.25, -0.2) is 4.39 Å². The van der Waals surface area contributed by atoms with E-state index < -0.39 is 0 Å². The third kappa shape index (κ3) is 3.43. The lowest BCUT2D eigenvalue weighted by Crippen LogP contribution is -2.89. The van der Waals surface area contributed by atoms with Crippen molar-refractivity contribution in [1.29, 1.82) is 0 Å². The van der Waals surface area contributed by atoms with Crippen LogP contribution in [0.2, 0.25) is 0 Å². The molecule has 0 spiro atoms. The molecular formula is C15H19FNO2+. The van der Waals surface area contributed by atoms with Crippen LogP contribution in [0.3, 0.4) is 0 Å². The van der Waals surface area contributed by atoms with Crippen molar-refractivity contribution < 1.29 is 19.2 Å². The Morgan fingerprint density at radius 2 is 2.05 bits per heavy atom. The highest BCUT2D eigenvalue weighted by Crippen LogP contribution is 2.24. The van der Waals surface area contributed by atoms with Gasteiger partial charge in [-0.2, -0.15) is 0 Å². The molecule has 19 heavy (non-hydrogen) atoms. The van der Waals surface area contributed by atoms with E-state index in [4.69, 9.17) is 9.52 Å². The Morgan fingerprint density at radius 1 is 1.26 bits per heavy atom. The molecular weight excluding hydrogens is 245 g/mol. The predicted molar refractivity (Wildman–Crippen MR) is 70.9 cm³/mol. The molecule has 0 saturated heterocycles. The quantitative estimate of drug-likeness (QED) is 0.837. The summed E-state index contributed by atoms with van der Waals surface area (Å²) in [6.07, 6.45) is 0.900. The van der Waals surface area contributed by atoms with Gasteiger partial charge in [-0.05, 0) is 30.7 Å². The van der Waals surface area contributed by atoms with E-state index in [1.165, 1.54) is 6.07 Å². The van der Waals surface area contributed by atoms with Crippen LogP contribution in [0.1, 0.15) is 19.1 Å². The molecule has 0 radical (unpaired) electrons. The first-order valence-corrected chi connectivity index (χ1v) is 6.52. The molecule has 1 atom stereocenters. The molecule has 1 heterocycles. The molecule has 0 aliphatic heterocycles. The van der Waals surface area contributed by atoms with Gasteiger partial charge in [0.25, 0.3) is 0 Å². The molecule has 0 fully saturated rings. The third-order valence-corrected chi connectivity index (χ3v) is 3.21. The summed E-state index contributed by atoms with van der Waals surface area (Å²) in [5.41, 5.74) is 0.475. The zero-order valence-electron chi connectivity index (χ0n) is 11.0. The van der Waals surface area contributed by atoms with Gasteiger partial charge in [0, 0.05) is 0 Å². The van der Waals surface area contributed by atoms with Crippen LogP contribution in [0.4, 0.5) is 4.39 Å². The summed E-state index contributed by atoms with van der Waals surface area (Å²) in [6, 6.07) is 10.4. The molecule has 2 aromatic rings. The van der Waals surface area contributed by atoms with E-state index in [-0.39, 0.29) is 18.5 Å². The molecule has 1 aromatic heterocycles. The Labute approximate surface area is 112 Å². The Morgan fingerprint density at radius 3 is 2.74 bits per heavy atom. The van der Waals surface area contributed by atoms with E-state index in [9.17, 15) is 4.39 Å². The fourth-order valence-corrected chi connectivity index (χ4v) is 1.95. The number of hydrogen-bond donors (Lipinski definition) is 2. The standard InChI is InChI=1S/C15H18FNO2/c1-2-11(10-18)17-9-12-7-8-15(19-12)13-5-3-4-6-14(13)16/h3-8,11,17-18H,2,9-10H2,1H3/p+1/t11-/m0/s1. The number of aliphatic hydroxyl groups is 1. The van der Waals surface area contributed by atoms with Crippen LogP contribution in [0.5, 0.6) is 0 Å². The summed E-state index contributed by atoms with van der Waals surface area (Å²) in [4.78, 5) is 0. The molecule has 0 aliphatic carbocycles. The molecule has 0 amide bonds. The van der Waals surface area contributed by atoms with Crippen LogP contribution in [-0.4, -0.2) is 17.8 Å². The highest BCUT2D eigenvalue weighted by atomic mass is 19.1. The fourth-order valence-electron chi connectivity index (χ4n) is 1.95. The lowest BCUT2D eigenvalue weighted by Gasteiger charge is -2.08. The highest BCUT2D eigenvalue weighted by Gasteiger charge is 2.12. The molecule has 0 unspecified atom stereocenters. The van der Waals surface area contributed by atoms with Crippen molar-refractivity contribution in [2.24, 2.45) is 0 Å². The maximum Gasteiger partial charge on any atom is 0.158 e. The van der Waals surface area contributed by atoms with Crippen molar-refractivity contribution in [3.05, 3.63) is 48.0 Å². The molecule has 4 heteroatoms. The van der Waals surface area contributed by atoms with E-state index in [2.05, 4.69) is 0 Å². The number of rotatable bonds is 6. The van der Waals surface area contributed by atoms with Crippen molar-refractivity contribution in [1.82, 2.24) is 0 Å². The van der Waals surface area contributed by atoms with Crippen LogP contribution in [0.25, 0.3) is 11.3 Å². The first-order chi connectivity index (χ1) is 9.24. The Hall–Kier alpha value is -1.65. The van der Waals surface area contributed by atoms with Crippen molar-refractivity contribution in [2.75, 3.05) is 6.61 Å². The summed E-state index contributed by atoms with van der Waals surface area (Å²) in [7, 11) is 0. The topological polar surface area (TPSA) is 50.0 Å². The number of hydrogen-bond acceptors (Lipinski definition) is 2. The minimum atomic E-state index is -0.283. The van der Waals surface area contributed by atoms with Crippen LogP contribution in [0, 0.1) is 5.82 Å². The number of benzene rings is 1. The van der Waals surface area contributed by atoms with Gasteiger partial charge in [-0.3, -0.25) is 0 Å². The van der Waals surface area contributed by atoms with Gasteiger partial charge < -0.3 is 14.8 Å². The second-order valence-electron chi connectivity index (χ2n) is 4.54. The van der Waals surface area contributed by atoms with E-state index in [0.29, 0.717) is 17.9 Å². The van der Waals surface area contributed by atoms with Gasteiger partial charge in [-0.15, -0.1) is 0 Å². The molecule has 102 valence electrons. The zero-order chi connectivity index (χ0) is 13.7. The lowest BCUT2D eigenvalue weighted by atomic mass is 10.1. The molecule has 0 bridgehead atoms. The summed E-state index contributed by atoms with van der Waals surface area (Å²) in [5.74, 6) is 1.04. The number of halogens is 1. The van der Waals surface area contributed by atoms with Gasteiger partial charge in [0.2, 0.25) is 0 Å². The summed E-state index contributed by atoms with van der Waals surface area (Å²) >= 11 is 0. The van der Waals surface area contributed by atoms with E-state index in [1.54, 1.807) is 24.3 Å². The monoisotopic (exact) mass is 264 g/mol. The lowest BCUT2D eigenvalue weighted by molar-refractivity contribution is -0.707. The predicted octanol–water partition coefficient (Wildman–Crippen LogP) is 1.92. The largest absolute Gasteiger partial charge is 0.455 e. The van der Waals surface area contributed by atoms with Crippen molar-refractivity contribution >= 4 is 0 Å². The average Bonchev–Trinajstić information content (AvgIpc) is 2.89. The molecule has 0 aliphatic rings. The Balaban J connectivity index is 2.05. The minimum absolute atomic E-state index is 0.150. The second kappa shape index (κ2) is 6.50. The molecule has 1 aromatic carbocycles. The maximum absolute atomic E-state index is 13.6.